The van der Waals surface area contributed by atoms with Crippen molar-refractivity contribution >= 4 is 28.7 Å². The zero-order valence-corrected chi connectivity index (χ0v) is 15.0. The first-order valence-corrected chi connectivity index (χ1v) is 9.32. The summed E-state index contributed by atoms with van der Waals surface area (Å²) in [5.74, 6) is 0.918. The molecular formula is C18H21N3O3S. The Labute approximate surface area is 151 Å². The monoisotopic (exact) mass is 359 g/mol. The number of thiophene rings is 1. The summed E-state index contributed by atoms with van der Waals surface area (Å²) in [6.45, 7) is 5.06. The molecule has 2 fully saturated rings. The van der Waals surface area contributed by atoms with Gasteiger partial charge in [-0.05, 0) is 30.5 Å². The number of pyridine rings is 1. The van der Waals surface area contributed by atoms with E-state index in [0.29, 0.717) is 26.3 Å². The lowest BCUT2D eigenvalue weighted by atomic mass is 10.0. The van der Waals surface area contributed by atoms with Crippen LogP contribution in [0.25, 0.3) is 0 Å². The van der Waals surface area contributed by atoms with Crippen LogP contribution in [0, 0.1) is 6.92 Å². The summed E-state index contributed by atoms with van der Waals surface area (Å²) in [6.07, 6.45) is 0. The van der Waals surface area contributed by atoms with Crippen LogP contribution in [0.15, 0.2) is 35.0 Å². The molecule has 0 aromatic carbocycles. The number of carbonyl (C=O) groups excluding carboxylic acids is 1. The van der Waals surface area contributed by atoms with Crippen molar-refractivity contribution < 1.29 is 14.3 Å². The Morgan fingerprint density at radius 1 is 1.28 bits per heavy atom. The third-order valence-corrected chi connectivity index (χ3v) is 5.29. The number of hydrogen-bond donors (Lipinski definition) is 0. The van der Waals surface area contributed by atoms with Gasteiger partial charge in [0.2, 0.25) is 0 Å². The summed E-state index contributed by atoms with van der Waals surface area (Å²) in [5, 5.41) is 3.98. The van der Waals surface area contributed by atoms with Crippen LogP contribution in [0.4, 0.5) is 11.5 Å². The number of rotatable bonds is 2. The van der Waals surface area contributed by atoms with E-state index in [9.17, 15) is 4.79 Å². The molecule has 2 aromatic heterocycles. The van der Waals surface area contributed by atoms with E-state index in [-0.39, 0.29) is 12.5 Å². The molecule has 1 atom stereocenters. The summed E-state index contributed by atoms with van der Waals surface area (Å²) >= 11 is 1.59. The maximum Gasteiger partial charge on any atom is 0.253 e. The number of amides is 1. The van der Waals surface area contributed by atoms with E-state index in [1.165, 1.54) is 0 Å². The first kappa shape index (κ1) is 16.5. The fraction of sp³-hybridized carbons (Fsp3) is 0.444. The van der Waals surface area contributed by atoms with Crippen molar-refractivity contribution in [3.63, 3.8) is 0 Å². The van der Waals surface area contributed by atoms with Crippen molar-refractivity contribution in [1.82, 2.24) is 4.98 Å². The lowest BCUT2D eigenvalue weighted by molar-refractivity contribution is -0.143. The molecule has 4 heterocycles. The molecule has 2 aromatic rings. The summed E-state index contributed by atoms with van der Waals surface area (Å²) in [7, 11) is 0. The summed E-state index contributed by atoms with van der Waals surface area (Å²) in [4.78, 5) is 21.0. The Balaban J connectivity index is 1.60. The first-order chi connectivity index (χ1) is 12.2. The molecule has 2 aliphatic heterocycles. The molecule has 0 radical (unpaired) electrons. The zero-order chi connectivity index (χ0) is 17.3. The number of anilines is 2. The van der Waals surface area contributed by atoms with Gasteiger partial charge in [0.25, 0.3) is 5.91 Å². The second-order valence-electron chi connectivity index (χ2n) is 6.54. The van der Waals surface area contributed by atoms with Crippen LogP contribution in [-0.4, -0.2) is 55.9 Å². The minimum Gasteiger partial charge on any atom is -0.376 e. The Morgan fingerprint density at radius 3 is 3.00 bits per heavy atom. The van der Waals surface area contributed by atoms with Gasteiger partial charge in [0, 0.05) is 17.6 Å². The molecule has 2 aliphatic rings. The Kier molecular flexibility index (Phi) is 4.45. The highest BCUT2D eigenvalue weighted by atomic mass is 32.1. The lowest BCUT2D eigenvalue weighted by Gasteiger charge is -2.42. The van der Waals surface area contributed by atoms with Gasteiger partial charge in [-0.15, -0.1) is 0 Å². The number of nitrogens with zero attached hydrogens (tertiary/aromatic N) is 3. The number of aryl methyl sites for hydroxylation is 1. The van der Waals surface area contributed by atoms with Crippen molar-refractivity contribution in [2.45, 2.75) is 12.5 Å². The van der Waals surface area contributed by atoms with Crippen LogP contribution in [-0.2, 0) is 14.3 Å². The van der Waals surface area contributed by atoms with Gasteiger partial charge in [-0.3, -0.25) is 4.79 Å². The van der Waals surface area contributed by atoms with Gasteiger partial charge in [-0.25, -0.2) is 4.98 Å². The van der Waals surface area contributed by atoms with E-state index in [1.807, 2.05) is 46.8 Å². The average Bonchev–Trinajstić information content (AvgIpc) is 3.06. The highest BCUT2D eigenvalue weighted by molar-refractivity contribution is 7.08. The molecule has 0 bridgehead atoms. The quantitative estimate of drug-likeness (QED) is 0.822. The normalized spacial score (nSPS) is 24.6. The Bertz CT molecular complexity index is 752. The Morgan fingerprint density at radius 2 is 2.20 bits per heavy atom. The molecule has 1 spiro atoms. The average molecular weight is 359 g/mol. The van der Waals surface area contributed by atoms with E-state index in [0.717, 1.165) is 23.7 Å². The van der Waals surface area contributed by atoms with Crippen LogP contribution in [0.1, 0.15) is 5.69 Å². The van der Waals surface area contributed by atoms with Crippen molar-refractivity contribution in [3.05, 3.63) is 40.7 Å². The molecular weight excluding hydrogens is 338 g/mol. The predicted octanol–water partition coefficient (Wildman–Crippen LogP) is 2.09. The topological polar surface area (TPSA) is 54.9 Å². The molecule has 0 saturated carbocycles. The number of morpholine rings is 1. The second-order valence-corrected chi connectivity index (χ2v) is 7.32. The lowest BCUT2D eigenvalue weighted by Crippen LogP contribution is -2.61. The molecule has 1 amide bonds. The van der Waals surface area contributed by atoms with Gasteiger partial charge in [0.1, 0.15) is 18.0 Å². The maximum absolute atomic E-state index is 12.3. The van der Waals surface area contributed by atoms with E-state index in [2.05, 4.69) is 9.88 Å². The van der Waals surface area contributed by atoms with E-state index in [1.54, 1.807) is 11.3 Å². The van der Waals surface area contributed by atoms with Crippen molar-refractivity contribution in [1.29, 1.82) is 0 Å². The van der Waals surface area contributed by atoms with Crippen LogP contribution >= 0.6 is 11.3 Å². The minimum atomic E-state index is -0.544. The number of carbonyl (C=O) groups is 1. The first-order valence-electron chi connectivity index (χ1n) is 8.38. The van der Waals surface area contributed by atoms with Crippen LogP contribution in [0.5, 0.6) is 0 Å². The van der Waals surface area contributed by atoms with Gasteiger partial charge in [0.15, 0.2) is 0 Å². The fourth-order valence-electron chi connectivity index (χ4n) is 3.35. The third kappa shape index (κ3) is 3.40. The van der Waals surface area contributed by atoms with Crippen molar-refractivity contribution in [2.24, 2.45) is 0 Å². The number of ether oxygens (including phenoxy) is 2. The molecule has 25 heavy (non-hydrogen) atoms. The van der Waals surface area contributed by atoms with Gasteiger partial charge in [-0.1, -0.05) is 6.07 Å². The van der Waals surface area contributed by atoms with Crippen molar-refractivity contribution in [3.8, 4) is 0 Å². The molecule has 7 heteroatoms. The molecule has 6 nitrogen and oxygen atoms in total. The molecule has 1 unspecified atom stereocenters. The van der Waals surface area contributed by atoms with Gasteiger partial charge in [-0.2, -0.15) is 11.3 Å². The number of aromatic nitrogens is 1. The summed E-state index contributed by atoms with van der Waals surface area (Å²) < 4.78 is 11.9. The molecule has 4 rings (SSSR count). The molecule has 132 valence electrons. The minimum absolute atomic E-state index is 0.00602. The Hall–Kier alpha value is -1.96. The van der Waals surface area contributed by atoms with E-state index >= 15 is 0 Å². The standard InChI is InChI=1S/C18H21N3O3S/c1-14-3-2-4-16(19-14)20-6-7-23-13-18(11-20)12-21(17(22)9-24-18)15-5-8-25-10-15/h2-5,8,10H,6-7,9,11-13H2,1H3. The van der Waals surface area contributed by atoms with Gasteiger partial charge in [0.05, 0.1) is 32.0 Å². The van der Waals surface area contributed by atoms with E-state index < -0.39 is 5.60 Å². The highest BCUT2D eigenvalue weighted by Gasteiger charge is 2.43. The number of hydrogen-bond acceptors (Lipinski definition) is 6. The van der Waals surface area contributed by atoms with Crippen LogP contribution in [0.2, 0.25) is 0 Å². The summed E-state index contributed by atoms with van der Waals surface area (Å²) in [6, 6.07) is 7.98. The van der Waals surface area contributed by atoms with Crippen molar-refractivity contribution in [2.75, 3.05) is 49.3 Å². The molecule has 2 saturated heterocycles. The predicted molar refractivity (Wildman–Crippen MR) is 97.4 cm³/mol. The summed E-state index contributed by atoms with van der Waals surface area (Å²) in [5.41, 5.74) is 1.37. The van der Waals surface area contributed by atoms with Gasteiger partial charge < -0.3 is 19.3 Å². The SMILES string of the molecule is Cc1cccc(N2CCOCC3(C2)CN(c2ccsc2)C(=O)CO3)n1. The molecule has 0 aliphatic carbocycles. The smallest absolute Gasteiger partial charge is 0.253 e. The second kappa shape index (κ2) is 6.74. The fourth-order valence-corrected chi connectivity index (χ4v) is 3.99. The maximum atomic E-state index is 12.3. The highest BCUT2D eigenvalue weighted by Crippen LogP contribution is 2.29. The van der Waals surface area contributed by atoms with Gasteiger partial charge >= 0.3 is 0 Å². The van der Waals surface area contributed by atoms with Crippen LogP contribution < -0.4 is 9.80 Å². The van der Waals surface area contributed by atoms with E-state index in [4.69, 9.17) is 9.47 Å². The largest absolute Gasteiger partial charge is 0.376 e. The zero-order valence-electron chi connectivity index (χ0n) is 14.2. The third-order valence-electron chi connectivity index (χ3n) is 4.61. The molecule has 0 N–H and O–H groups in total. The van der Waals surface area contributed by atoms with Crippen LogP contribution in [0.3, 0.4) is 0 Å².